The molecule has 4 nitrogen and oxygen atoms in total. The Balaban J connectivity index is 2.80. The number of amides is 1. The van der Waals surface area contributed by atoms with Crippen molar-refractivity contribution < 1.29 is 9.21 Å². The average Bonchev–Trinajstić information content (AvgIpc) is 2.51. The third-order valence-corrected chi connectivity index (χ3v) is 1.74. The summed E-state index contributed by atoms with van der Waals surface area (Å²) in [6, 6.07) is 0. The highest BCUT2D eigenvalue weighted by atomic mass is 16.3. The van der Waals surface area contributed by atoms with Gasteiger partial charge in [-0.25, -0.2) is 4.98 Å². The van der Waals surface area contributed by atoms with E-state index >= 15 is 0 Å². The minimum atomic E-state index is -0.684. The summed E-state index contributed by atoms with van der Waals surface area (Å²) in [6.45, 7) is 5.16. The summed E-state index contributed by atoms with van der Waals surface area (Å²) >= 11 is 0. The van der Waals surface area contributed by atoms with Gasteiger partial charge in [0.15, 0.2) is 6.39 Å². The Morgan fingerprint density at radius 2 is 2.36 bits per heavy atom. The molecule has 74 valence electrons. The lowest BCUT2D eigenvalue weighted by Crippen LogP contribution is -2.42. The third kappa shape index (κ3) is 2.13. The molecule has 0 saturated heterocycles. The van der Waals surface area contributed by atoms with Crippen LogP contribution in [0.4, 0.5) is 0 Å². The van der Waals surface area contributed by atoms with E-state index < -0.39 is 5.54 Å². The summed E-state index contributed by atoms with van der Waals surface area (Å²) in [6.07, 6.45) is 6.46. The van der Waals surface area contributed by atoms with Gasteiger partial charge in [0.25, 0.3) is 5.91 Å². The van der Waals surface area contributed by atoms with Crippen molar-refractivity contribution in [1.29, 1.82) is 0 Å². The van der Waals surface area contributed by atoms with E-state index in [1.165, 1.54) is 6.39 Å². The van der Waals surface area contributed by atoms with Gasteiger partial charge in [-0.2, -0.15) is 0 Å². The quantitative estimate of drug-likeness (QED) is 0.714. The second-order valence-electron chi connectivity index (χ2n) is 3.49. The summed E-state index contributed by atoms with van der Waals surface area (Å²) in [5.41, 5.74) is -0.133. The molecule has 0 spiro atoms. The van der Waals surface area contributed by atoms with E-state index in [1.807, 2.05) is 0 Å². The van der Waals surface area contributed by atoms with Crippen LogP contribution in [0.2, 0.25) is 0 Å². The zero-order chi connectivity index (χ0) is 10.8. The summed E-state index contributed by atoms with van der Waals surface area (Å²) in [4.78, 5) is 15.4. The predicted molar refractivity (Wildman–Crippen MR) is 51.6 cm³/mol. The molecule has 0 aromatic carbocycles. The molecule has 0 aliphatic heterocycles. The highest BCUT2D eigenvalue weighted by Crippen LogP contribution is 2.07. The minimum absolute atomic E-state index is 0.202. The van der Waals surface area contributed by atoms with Crippen molar-refractivity contribution >= 4 is 5.91 Å². The number of terminal acetylenes is 1. The van der Waals surface area contributed by atoms with Gasteiger partial charge >= 0.3 is 0 Å². The first-order valence-electron chi connectivity index (χ1n) is 4.16. The highest BCUT2D eigenvalue weighted by molar-refractivity contribution is 5.93. The molecular weight excluding hydrogens is 180 g/mol. The lowest BCUT2D eigenvalue weighted by molar-refractivity contribution is 0.0901. The van der Waals surface area contributed by atoms with Gasteiger partial charge < -0.3 is 9.73 Å². The molecule has 0 atom stereocenters. The SMILES string of the molecule is C#CC(C)(C)NC(=O)c1ocnc1C. The zero-order valence-electron chi connectivity index (χ0n) is 8.42. The Kier molecular flexibility index (Phi) is 2.61. The lowest BCUT2D eigenvalue weighted by atomic mass is 10.1. The molecule has 1 N–H and O–H groups in total. The van der Waals surface area contributed by atoms with E-state index in [-0.39, 0.29) is 11.7 Å². The fourth-order valence-corrected chi connectivity index (χ4v) is 0.897. The number of hydrogen-bond acceptors (Lipinski definition) is 3. The van der Waals surface area contributed by atoms with Crippen LogP contribution >= 0.6 is 0 Å². The van der Waals surface area contributed by atoms with Gasteiger partial charge in [0.05, 0.1) is 11.2 Å². The van der Waals surface area contributed by atoms with Crippen LogP contribution < -0.4 is 5.32 Å². The number of carbonyl (C=O) groups is 1. The molecule has 1 amide bonds. The Labute approximate surface area is 82.7 Å². The van der Waals surface area contributed by atoms with Crippen LogP contribution in [0.25, 0.3) is 0 Å². The van der Waals surface area contributed by atoms with E-state index in [0.29, 0.717) is 5.69 Å². The molecule has 1 aromatic rings. The highest BCUT2D eigenvalue weighted by Gasteiger charge is 2.21. The Morgan fingerprint density at radius 3 is 2.79 bits per heavy atom. The summed E-state index contributed by atoms with van der Waals surface area (Å²) < 4.78 is 4.92. The molecule has 0 unspecified atom stereocenters. The minimum Gasteiger partial charge on any atom is -0.438 e. The molecule has 1 heterocycles. The van der Waals surface area contributed by atoms with E-state index in [0.717, 1.165) is 0 Å². The van der Waals surface area contributed by atoms with Gasteiger partial charge in [0.1, 0.15) is 0 Å². The Hall–Kier alpha value is -1.76. The summed E-state index contributed by atoms with van der Waals surface area (Å²) in [5.74, 6) is 2.32. The summed E-state index contributed by atoms with van der Waals surface area (Å²) in [5, 5.41) is 2.64. The molecule has 1 rings (SSSR count). The van der Waals surface area contributed by atoms with Crippen molar-refractivity contribution in [3.05, 3.63) is 17.8 Å². The number of aromatic nitrogens is 1. The number of hydrogen-bond donors (Lipinski definition) is 1. The standard InChI is InChI=1S/C10H12N2O2/c1-5-10(3,4)12-9(13)8-7(2)11-6-14-8/h1,6H,2-4H3,(H,12,13). The first-order chi connectivity index (χ1) is 6.46. The maximum atomic E-state index is 11.6. The average molecular weight is 192 g/mol. The Bertz CT molecular complexity index is 385. The lowest BCUT2D eigenvalue weighted by Gasteiger charge is -2.18. The molecule has 0 bridgehead atoms. The first kappa shape index (κ1) is 10.3. The van der Waals surface area contributed by atoms with Gasteiger partial charge in [0, 0.05) is 0 Å². The van der Waals surface area contributed by atoms with Crippen LogP contribution in [0.15, 0.2) is 10.8 Å². The number of oxazole rings is 1. The fraction of sp³-hybridized carbons (Fsp3) is 0.400. The number of aryl methyl sites for hydroxylation is 1. The molecule has 1 aromatic heterocycles. The third-order valence-electron chi connectivity index (χ3n) is 1.74. The second-order valence-corrected chi connectivity index (χ2v) is 3.49. The van der Waals surface area contributed by atoms with Crippen molar-refractivity contribution in [2.75, 3.05) is 0 Å². The van der Waals surface area contributed by atoms with Crippen LogP contribution in [0.1, 0.15) is 30.1 Å². The van der Waals surface area contributed by atoms with E-state index in [9.17, 15) is 4.79 Å². The van der Waals surface area contributed by atoms with Crippen LogP contribution in [0.3, 0.4) is 0 Å². The molecule has 4 heteroatoms. The fourth-order valence-electron chi connectivity index (χ4n) is 0.897. The second kappa shape index (κ2) is 3.54. The topological polar surface area (TPSA) is 55.1 Å². The molecule has 0 radical (unpaired) electrons. The zero-order valence-corrected chi connectivity index (χ0v) is 8.42. The molecule has 0 aliphatic carbocycles. The monoisotopic (exact) mass is 192 g/mol. The number of carbonyl (C=O) groups excluding carboxylic acids is 1. The van der Waals surface area contributed by atoms with E-state index in [4.69, 9.17) is 10.8 Å². The molecular formula is C10H12N2O2. The van der Waals surface area contributed by atoms with Crippen LogP contribution in [-0.2, 0) is 0 Å². The first-order valence-corrected chi connectivity index (χ1v) is 4.16. The largest absolute Gasteiger partial charge is 0.438 e. The maximum Gasteiger partial charge on any atom is 0.290 e. The predicted octanol–water partition coefficient (Wildman–Crippen LogP) is 1.12. The van der Waals surface area contributed by atoms with Crippen molar-refractivity contribution in [3.8, 4) is 12.3 Å². The van der Waals surface area contributed by atoms with Crippen molar-refractivity contribution in [2.24, 2.45) is 0 Å². The van der Waals surface area contributed by atoms with Crippen molar-refractivity contribution in [1.82, 2.24) is 10.3 Å². The Morgan fingerprint density at radius 1 is 1.71 bits per heavy atom. The maximum absolute atomic E-state index is 11.6. The van der Waals surface area contributed by atoms with Crippen LogP contribution in [0, 0.1) is 19.3 Å². The molecule has 0 aliphatic rings. The molecule has 14 heavy (non-hydrogen) atoms. The van der Waals surface area contributed by atoms with Crippen molar-refractivity contribution in [3.63, 3.8) is 0 Å². The molecule has 0 saturated carbocycles. The van der Waals surface area contributed by atoms with E-state index in [1.54, 1.807) is 20.8 Å². The van der Waals surface area contributed by atoms with Crippen LogP contribution in [0.5, 0.6) is 0 Å². The summed E-state index contributed by atoms with van der Waals surface area (Å²) in [7, 11) is 0. The number of nitrogens with one attached hydrogen (secondary N) is 1. The van der Waals surface area contributed by atoms with E-state index in [2.05, 4.69) is 16.2 Å². The van der Waals surface area contributed by atoms with Crippen LogP contribution in [-0.4, -0.2) is 16.4 Å². The molecule has 0 fully saturated rings. The van der Waals surface area contributed by atoms with Gasteiger partial charge in [-0.05, 0) is 20.8 Å². The van der Waals surface area contributed by atoms with Gasteiger partial charge in [-0.1, -0.05) is 5.92 Å². The number of nitrogens with zero attached hydrogens (tertiary/aromatic N) is 1. The van der Waals surface area contributed by atoms with Gasteiger partial charge in [-0.3, -0.25) is 4.79 Å². The van der Waals surface area contributed by atoms with Crippen molar-refractivity contribution in [2.45, 2.75) is 26.3 Å². The smallest absolute Gasteiger partial charge is 0.290 e. The van der Waals surface area contributed by atoms with Gasteiger partial charge in [0.2, 0.25) is 5.76 Å². The van der Waals surface area contributed by atoms with Gasteiger partial charge in [-0.15, -0.1) is 6.42 Å². The number of rotatable bonds is 2. The normalized spacial score (nSPS) is 10.7.